The lowest BCUT2D eigenvalue weighted by Gasteiger charge is -2.30. The number of fused-ring (bicyclic) bond motifs is 1. The molecule has 1 aromatic carbocycles. The average Bonchev–Trinajstić information content (AvgIpc) is 2.13. The molecular weight excluding hydrogens is 186 g/mol. The SMILES string of the molecule is NC1C=Cc2ccccc2C1(O)Cl. The van der Waals surface area contributed by atoms with Crippen LogP contribution in [0.15, 0.2) is 30.3 Å². The van der Waals surface area contributed by atoms with Gasteiger partial charge in [0.2, 0.25) is 0 Å². The predicted molar refractivity (Wildman–Crippen MR) is 53.2 cm³/mol. The van der Waals surface area contributed by atoms with Crippen molar-refractivity contribution in [1.82, 2.24) is 0 Å². The Kier molecular flexibility index (Phi) is 1.91. The van der Waals surface area contributed by atoms with Gasteiger partial charge in [-0.25, -0.2) is 0 Å². The van der Waals surface area contributed by atoms with Gasteiger partial charge in [-0.05, 0) is 5.56 Å². The molecule has 2 rings (SSSR count). The molecule has 0 amide bonds. The molecule has 1 aliphatic carbocycles. The molecule has 3 heteroatoms. The maximum Gasteiger partial charge on any atom is 0.183 e. The van der Waals surface area contributed by atoms with Gasteiger partial charge in [-0.3, -0.25) is 0 Å². The zero-order valence-corrected chi connectivity index (χ0v) is 7.70. The quantitative estimate of drug-likeness (QED) is 0.616. The molecule has 3 N–H and O–H groups in total. The molecule has 2 nitrogen and oxygen atoms in total. The van der Waals surface area contributed by atoms with Crippen LogP contribution in [0.25, 0.3) is 6.08 Å². The van der Waals surface area contributed by atoms with E-state index in [0.29, 0.717) is 5.56 Å². The highest BCUT2D eigenvalue weighted by molar-refractivity contribution is 6.24. The first kappa shape index (κ1) is 8.75. The average molecular weight is 196 g/mol. The van der Waals surface area contributed by atoms with Gasteiger partial charge in [0.15, 0.2) is 5.06 Å². The fourth-order valence-electron chi connectivity index (χ4n) is 1.48. The molecule has 0 radical (unpaired) electrons. The fourth-order valence-corrected chi connectivity index (χ4v) is 1.72. The Balaban J connectivity index is 2.61. The largest absolute Gasteiger partial charge is 0.369 e. The highest BCUT2D eigenvalue weighted by Gasteiger charge is 2.36. The Morgan fingerprint density at radius 1 is 1.38 bits per heavy atom. The summed E-state index contributed by atoms with van der Waals surface area (Å²) in [6, 6.07) is 6.85. The van der Waals surface area contributed by atoms with Crippen LogP contribution in [-0.2, 0) is 5.06 Å². The van der Waals surface area contributed by atoms with Crippen LogP contribution < -0.4 is 5.73 Å². The van der Waals surface area contributed by atoms with E-state index in [-0.39, 0.29) is 0 Å². The van der Waals surface area contributed by atoms with Crippen molar-refractivity contribution in [2.45, 2.75) is 11.1 Å². The molecule has 1 aromatic rings. The second-order valence-corrected chi connectivity index (χ2v) is 3.72. The first-order valence-corrected chi connectivity index (χ1v) is 4.45. The molecule has 0 fully saturated rings. The first-order valence-electron chi connectivity index (χ1n) is 4.07. The minimum Gasteiger partial charge on any atom is -0.369 e. The van der Waals surface area contributed by atoms with E-state index in [0.717, 1.165) is 5.56 Å². The van der Waals surface area contributed by atoms with E-state index in [1.165, 1.54) is 0 Å². The van der Waals surface area contributed by atoms with Crippen LogP contribution in [0.3, 0.4) is 0 Å². The lowest BCUT2D eigenvalue weighted by molar-refractivity contribution is 0.113. The van der Waals surface area contributed by atoms with Gasteiger partial charge < -0.3 is 10.8 Å². The lowest BCUT2D eigenvalue weighted by Crippen LogP contribution is -2.41. The smallest absolute Gasteiger partial charge is 0.183 e. The Labute approximate surface area is 81.6 Å². The van der Waals surface area contributed by atoms with Crippen molar-refractivity contribution in [1.29, 1.82) is 0 Å². The van der Waals surface area contributed by atoms with Crippen molar-refractivity contribution in [3.8, 4) is 0 Å². The van der Waals surface area contributed by atoms with Crippen LogP contribution >= 0.6 is 11.6 Å². The van der Waals surface area contributed by atoms with Gasteiger partial charge >= 0.3 is 0 Å². The van der Waals surface area contributed by atoms with Crippen LogP contribution in [0, 0.1) is 0 Å². The van der Waals surface area contributed by atoms with Gasteiger partial charge in [-0.2, -0.15) is 0 Å². The fraction of sp³-hybridized carbons (Fsp3) is 0.200. The van der Waals surface area contributed by atoms with Crippen molar-refractivity contribution in [3.05, 3.63) is 41.5 Å². The van der Waals surface area contributed by atoms with Gasteiger partial charge in [0.1, 0.15) is 0 Å². The van der Waals surface area contributed by atoms with Crippen molar-refractivity contribution in [2.24, 2.45) is 5.73 Å². The van der Waals surface area contributed by atoms with E-state index in [1.54, 1.807) is 12.1 Å². The third kappa shape index (κ3) is 1.27. The van der Waals surface area contributed by atoms with E-state index in [1.807, 2.05) is 24.3 Å². The third-order valence-corrected chi connectivity index (χ3v) is 2.72. The van der Waals surface area contributed by atoms with Crippen molar-refractivity contribution >= 4 is 17.7 Å². The summed E-state index contributed by atoms with van der Waals surface area (Å²) in [4.78, 5) is 0. The third-order valence-electron chi connectivity index (χ3n) is 2.26. The van der Waals surface area contributed by atoms with Gasteiger partial charge in [0.25, 0.3) is 0 Å². The molecule has 0 bridgehead atoms. The highest BCUT2D eigenvalue weighted by Crippen LogP contribution is 2.35. The molecule has 0 heterocycles. The predicted octanol–water partition coefficient (Wildman–Crippen LogP) is 1.42. The summed E-state index contributed by atoms with van der Waals surface area (Å²) in [5.74, 6) is 0. The molecule has 2 unspecified atom stereocenters. The molecule has 68 valence electrons. The number of halogens is 1. The van der Waals surface area contributed by atoms with E-state index in [2.05, 4.69) is 0 Å². The minimum absolute atomic E-state index is 0.552. The van der Waals surface area contributed by atoms with Crippen LogP contribution in [0.2, 0.25) is 0 Å². The number of aliphatic hydroxyl groups is 1. The van der Waals surface area contributed by atoms with Crippen LogP contribution in [-0.4, -0.2) is 11.1 Å². The summed E-state index contributed by atoms with van der Waals surface area (Å²) < 4.78 is 0. The van der Waals surface area contributed by atoms with Gasteiger partial charge in [-0.1, -0.05) is 48.0 Å². The molecular formula is C10H10ClNO. The van der Waals surface area contributed by atoms with Crippen LogP contribution in [0.1, 0.15) is 11.1 Å². The Morgan fingerprint density at radius 3 is 2.85 bits per heavy atom. The van der Waals surface area contributed by atoms with Crippen LogP contribution in [0.5, 0.6) is 0 Å². The molecule has 0 spiro atoms. The molecule has 1 aliphatic rings. The Hall–Kier alpha value is -0.830. The number of alkyl halides is 1. The zero-order valence-electron chi connectivity index (χ0n) is 6.94. The van der Waals surface area contributed by atoms with E-state index in [4.69, 9.17) is 17.3 Å². The maximum absolute atomic E-state index is 9.88. The summed E-state index contributed by atoms with van der Waals surface area (Å²) in [5.41, 5.74) is 7.25. The summed E-state index contributed by atoms with van der Waals surface area (Å²) >= 11 is 5.93. The van der Waals surface area contributed by atoms with Gasteiger partial charge in [0.05, 0.1) is 6.04 Å². The zero-order chi connectivity index (χ0) is 9.47. The Morgan fingerprint density at radius 2 is 2.08 bits per heavy atom. The number of benzene rings is 1. The topological polar surface area (TPSA) is 46.2 Å². The van der Waals surface area contributed by atoms with Gasteiger partial charge in [-0.15, -0.1) is 0 Å². The van der Waals surface area contributed by atoms with Gasteiger partial charge in [0, 0.05) is 5.56 Å². The second kappa shape index (κ2) is 2.84. The molecule has 0 saturated carbocycles. The number of rotatable bonds is 0. The Bertz CT molecular complexity index is 360. The lowest BCUT2D eigenvalue weighted by atomic mass is 9.91. The second-order valence-electron chi connectivity index (χ2n) is 3.15. The summed E-state index contributed by atoms with van der Waals surface area (Å²) in [5, 5.41) is 8.42. The molecule has 0 aromatic heterocycles. The molecule has 13 heavy (non-hydrogen) atoms. The number of hydrogen-bond acceptors (Lipinski definition) is 2. The number of nitrogens with two attached hydrogens (primary N) is 1. The van der Waals surface area contributed by atoms with Crippen molar-refractivity contribution in [3.63, 3.8) is 0 Å². The summed E-state index contributed by atoms with van der Waals surface area (Å²) in [6.45, 7) is 0. The van der Waals surface area contributed by atoms with Crippen LogP contribution in [0.4, 0.5) is 0 Å². The first-order chi connectivity index (χ1) is 6.12. The highest BCUT2D eigenvalue weighted by atomic mass is 35.5. The minimum atomic E-state index is -1.47. The summed E-state index contributed by atoms with van der Waals surface area (Å²) in [6.07, 6.45) is 3.58. The van der Waals surface area contributed by atoms with E-state index < -0.39 is 11.1 Å². The van der Waals surface area contributed by atoms with Crippen molar-refractivity contribution < 1.29 is 5.11 Å². The number of hydrogen-bond donors (Lipinski definition) is 2. The normalized spacial score (nSPS) is 31.5. The van der Waals surface area contributed by atoms with E-state index in [9.17, 15) is 5.11 Å². The molecule has 2 atom stereocenters. The summed E-state index contributed by atoms with van der Waals surface area (Å²) in [7, 11) is 0. The standard InChI is InChI=1S/C10H10ClNO/c11-10(13)8-4-2-1-3-7(8)5-6-9(10)12/h1-6,9,13H,12H2. The van der Waals surface area contributed by atoms with E-state index >= 15 is 0 Å². The molecule has 0 aliphatic heterocycles. The van der Waals surface area contributed by atoms with Crippen molar-refractivity contribution in [2.75, 3.05) is 0 Å². The molecule has 0 saturated heterocycles. The maximum atomic E-state index is 9.88. The monoisotopic (exact) mass is 195 g/mol.